The number of carboxylic acids is 1. The molecule has 1 saturated carbocycles. The highest BCUT2D eigenvalue weighted by Crippen LogP contribution is 2.60. The first-order valence-corrected chi connectivity index (χ1v) is 4.63. The van der Waals surface area contributed by atoms with Crippen molar-refractivity contribution in [3.8, 4) is 0 Å². The van der Waals surface area contributed by atoms with Crippen LogP contribution in [0.3, 0.4) is 0 Å². The third-order valence-corrected chi connectivity index (χ3v) is 3.11. The van der Waals surface area contributed by atoms with E-state index in [1.165, 1.54) is 0 Å². The Morgan fingerprint density at radius 2 is 1.93 bits per heavy atom. The fourth-order valence-electron chi connectivity index (χ4n) is 1.71. The van der Waals surface area contributed by atoms with E-state index in [1.807, 2.05) is 0 Å². The lowest BCUT2D eigenvalue weighted by Crippen LogP contribution is -2.07. The van der Waals surface area contributed by atoms with Crippen LogP contribution in [-0.2, 0) is 4.79 Å². The van der Waals surface area contributed by atoms with Gasteiger partial charge in [-0.1, -0.05) is 31.5 Å². The van der Waals surface area contributed by atoms with Crippen molar-refractivity contribution in [1.29, 1.82) is 0 Å². The maximum absolute atomic E-state index is 12.1. The summed E-state index contributed by atoms with van der Waals surface area (Å²) >= 11 is 5.03. The fourth-order valence-corrected chi connectivity index (χ4v) is 1.85. The fraction of sp³-hybridized carbons (Fsp3) is 0.667. The lowest BCUT2D eigenvalue weighted by molar-refractivity contribution is -0.139. The van der Waals surface area contributed by atoms with E-state index < -0.39 is 34.4 Å². The highest BCUT2D eigenvalue weighted by atomic mass is 35.5. The molecule has 0 aromatic carbocycles. The number of carboxylic acid groups (broad SMARTS) is 1. The molecule has 0 bridgehead atoms. The van der Waals surface area contributed by atoms with Gasteiger partial charge < -0.3 is 5.11 Å². The Morgan fingerprint density at radius 3 is 2.20 bits per heavy atom. The summed E-state index contributed by atoms with van der Waals surface area (Å²) in [6.07, 6.45) is -3.80. The van der Waals surface area contributed by atoms with Crippen molar-refractivity contribution in [3.05, 3.63) is 11.1 Å². The molecule has 1 N–H and O–H groups in total. The van der Waals surface area contributed by atoms with Crippen LogP contribution in [-0.4, -0.2) is 17.3 Å². The Kier molecular flexibility index (Phi) is 2.80. The summed E-state index contributed by atoms with van der Waals surface area (Å²) in [5, 5.41) is 7.48. The van der Waals surface area contributed by atoms with Gasteiger partial charge in [0.15, 0.2) is 0 Å². The molecule has 0 aromatic heterocycles. The topological polar surface area (TPSA) is 37.3 Å². The summed E-state index contributed by atoms with van der Waals surface area (Å²) in [5.41, 5.74) is -0.656. The predicted octanol–water partition coefficient (Wildman–Crippen LogP) is 3.03. The minimum atomic E-state index is -4.59. The molecular weight excluding hydrogens is 233 g/mol. The van der Waals surface area contributed by atoms with E-state index in [0.29, 0.717) is 0 Å². The van der Waals surface area contributed by atoms with Gasteiger partial charge in [0.25, 0.3) is 0 Å². The molecule has 0 amide bonds. The Balaban J connectivity index is 2.83. The molecule has 15 heavy (non-hydrogen) atoms. The molecule has 1 rings (SSSR count). The average molecular weight is 243 g/mol. The standard InChI is InChI=1S/C9H10ClF3O2/c1-8(2)4(6(8)7(14)15)3-5(10)9(11,12)13/h3-4,6H,1-2H3,(H,14,15)/b5-3+. The number of rotatable bonds is 2. The van der Waals surface area contributed by atoms with Gasteiger partial charge >= 0.3 is 12.1 Å². The van der Waals surface area contributed by atoms with Crippen LogP contribution in [0.25, 0.3) is 0 Å². The van der Waals surface area contributed by atoms with Crippen LogP contribution < -0.4 is 0 Å². The third-order valence-electron chi connectivity index (χ3n) is 2.77. The molecule has 2 unspecified atom stereocenters. The van der Waals surface area contributed by atoms with E-state index in [-0.39, 0.29) is 0 Å². The SMILES string of the molecule is CC1(C)C(/C=C(/Cl)C(F)(F)F)C1C(=O)O. The van der Waals surface area contributed by atoms with Gasteiger partial charge in [-0.25, -0.2) is 0 Å². The van der Waals surface area contributed by atoms with Gasteiger partial charge in [0.2, 0.25) is 0 Å². The van der Waals surface area contributed by atoms with Gasteiger partial charge in [-0.15, -0.1) is 0 Å². The Hall–Kier alpha value is -0.710. The minimum Gasteiger partial charge on any atom is -0.481 e. The molecular formula is C9H10ClF3O2. The second-order valence-electron chi connectivity index (χ2n) is 4.18. The summed E-state index contributed by atoms with van der Waals surface area (Å²) in [6, 6.07) is 0. The molecule has 2 atom stereocenters. The largest absolute Gasteiger partial charge is 0.481 e. The Morgan fingerprint density at radius 1 is 1.47 bits per heavy atom. The highest BCUT2D eigenvalue weighted by molar-refractivity contribution is 6.30. The summed E-state index contributed by atoms with van der Waals surface area (Å²) in [7, 11) is 0. The average Bonchev–Trinajstić information content (AvgIpc) is 2.50. The quantitative estimate of drug-likeness (QED) is 0.808. The molecule has 0 heterocycles. The molecule has 0 radical (unpaired) electrons. The van der Waals surface area contributed by atoms with Crippen molar-refractivity contribution in [3.63, 3.8) is 0 Å². The molecule has 0 saturated heterocycles. The molecule has 86 valence electrons. The van der Waals surface area contributed by atoms with Crippen molar-refractivity contribution in [2.45, 2.75) is 20.0 Å². The van der Waals surface area contributed by atoms with Crippen molar-refractivity contribution in [2.75, 3.05) is 0 Å². The van der Waals surface area contributed by atoms with Gasteiger partial charge in [0.1, 0.15) is 5.03 Å². The zero-order valence-electron chi connectivity index (χ0n) is 8.10. The molecule has 0 aliphatic heterocycles. The van der Waals surface area contributed by atoms with Crippen LogP contribution in [0.2, 0.25) is 0 Å². The smallest absolute Gasteiger partial charge is 0.426 e. The summed E-state index contributed by atoms with van der Waals surface area (Å²) < 4.78 is 36.2. The Labute approximate surface area is 89.7 Å². The van der Waals surface area contributed by atoms with Crippen LogP contribution in [0.1, 0.15) is 13.8 Å². The Bertz CT molecular complexity index is 320. The van der Waals surface area contributed by atoms with Crippen LogP contribution in [0.4, 0.5) is 13.2 Å². The van der Waals surface area contributed by atoms with E-state index in [0.717, 1.165) is 6.08 Å². The van der Waals surface area contributed by atoms with Gasteiger partial charge in [-0.3, -0.25) is 4.79 Å². The van der Waals surface area contributed by atoms with Crippen LogP contribution in [0, 0.1) is 17.3 Å². The lowest BCUT2D eigenvalue weighted by Gasteiger charge is -2.04. The van der Waals surface area contributed by atoms with E-state index in [1.54, 1.807) is 13.8 Å². The summed E-state index contributed by atoms with van der Waals surface area (Å²) in [4.78, 5) is 10.7. The first-order valence-electron chi connectivity index (χ1n) is 4.26. The van der Waals surface area contributed by atoms with E-state index in [9.17, 15) is 18.0 Å². The zero-order valence-corrected chi connectivity index (χ0v) is 8.86. The van der Waals surface area contributed by atoms with E-state index in [2.05, 4.69) is 0 Å². The number of halogens is 4. The van der Waals surface area contributed by atoms with Gasteiger partial charge in [0.05, 0.1) is 5.92 Å². The summed E-state index contributed by atoms with van der Waals surface area (Å²) in [6.45, 7) is 3.21. The van der Waals surface area contributed by atoms with Crippen LogP contribution in [0.5, 0.6) is 0 Å². The van der Waals surface area contributed by atoms with Gasteiger partial charge in [0, 0.05) is 0 Å². The molecule has 1 aliphatic rings. The number of carbonyl (C=O) groups is 1. The number of hydrogen-bond donors (Lipinski definition) is 1. The van der Waals surface area contributed by atoms with Crippen molar-refractivity contribution < 1.29 is 23.1 Å². The maximum Gasteiger partial charge on any atom is 0.426 e. The maximum atomic E-state index is 12.1. The van der Waals surface area contributed by atoms with Crippen molar-refractivity contribution >= 4 is 17.6 Å². The van der Waals surface area contributed by atoms with E-state index >= 15 is 0 Å². The lowest BCUT2D eigenvalue weighted by atomic mass is 10.1. The molecule has 0 spiro atoms. The predicted molar refractivity (Wildman–Crippen MR) is 48.4 cm³/mol. The van der Waals surface area contributed by atoms with E-state index in [4.69, 9.17) is 16.7 Å². The van der Waals surface area contributed by atoms with Crippen molar-refractivity contribution in [1.82, 2.24) is 0 Å². The molecule has 1 aliphatic carbocycles. The number of aliphatic carboxylic acids is 1. The highest BCUT2D eigenvalue weighted by Gasteiger charge is 2.61. The summed E-state index contributed by atoms with van der Waals surface area (Å²) in [5.74, 6) is -2.52. The third kappa shape index (κ3) is 2.27. The number of allylic oxidation sites excluding steroid dienone is 2. The molecule has 0 aromatic rings. The first kappa shape index (κ1) is 12.4. The number of alkyl halides is 3. The second-order valence-corrected chi connectivity index (χ2v) is 4.58. The zero-order chi connectivity index (χ0) is 12.0. The van der Waals surface area contributed by atoms with Crippen LogP contribution >= 0.6 is 11.6 Å². The normalized spacial score (nSPS) is 30.1. The monoisotopic (exact) mass is 242 g/mol. The number of hydrogen-bond acceptors (Lipinski definition) is 1. The molecule has 1 fully saturated rings. The van der Waals surface area contributed by atoms with Crippen molar-refractivity contribution in [2.24, 2.45) is 17.3 Å². The van der Waals surface area contributed by atoms with Gasteiger partial charge in [-0.05, 0) is 11.3 Å². The van der Waals surface area contributed by atoms with Gasteiger partial charge in [-0.2, -0.15) is 13.2 Å². The second kappa shape index (κ2) is 3.40. The molecule has 2 nitrogen and oxygen atoms in total. The molecule has 6 heteroatoms. The first-order chi connectivity index (χ1) is 6.58. The minimum absolute atomic E-state index is 0.649. The van der Waals surface area contributed by atoms with Crippen LogP contribution in [0.15, 0.2) is 11.1 Å².